The van der Waals surface area contributed by atoms with Gasteiger partial charge in [0.25, 0.3) is 0 Å². The molecule has 0 atom stereocenters. The highest BCUT2D eigenvalue weighted by molar-refractivity contribution is 7.80. The number of rotatable bonds is 7. The van der Waals surface area contributed by atoms with Crippen molar-refractivity contribution in [2.24, 2.45) is 0 Å². The van der Waals surface area contributed by atoms with Crippen molar-refractivity contribution in [1.82, 2.24) is 19.6 Å². The summed E-state index contributed by atoms with van der Waals surface area (Å²) < 4.78 is 22.2. The molecule has 0 amide bonds. The van der Waals surface area contributed by atoms with Gasteiger partial charge in [-0.1, -0.05) is 24.3 Å². The number of nitrogens with one attached hydrogen (secondary N) is 2. The molecule has 7 nitrogen and oxygen atoms in total. The zero-order chi connectivity index (χ0) is 23.4. The summed E-state index contributed by atoms with van der Waals surface area (Å²) in [4.78, 5) is 0. The topological polar surface area (TPSA) is 68.9 Å². The van der Waals surface area contributed by atoms with Crippen LogP contribution in [0, 0.1) is 19.7 Å². The molecular weight excluding hydrogens is 439 g/mol. The van der Waals surface area contributed by atoms with Crippen molar-refractivity contribution < 1.29 is 9.13 Å². The summed E-state index contributed by atoms with van der Waals surface area (Å²) in [5.41, 5.74) is 5.45. The number of halogens is 1. The maximum atomic E-state index is 13.2. The normalized spacial score (nSPS) is 10.8. The zero-order valence-corrected chi connectivity index (χ0v) is 19.5. The van der Waals surface area contributed by atoms with Crippen molar-refractivity contribution in [2.75, 3.05) is 17.7 Å². The molecule has 0 aliphatic heterocycles. The average Bonchev–Trinajstić information content (AvgIpc) is 3.34. The van der Waals surface area contributed by atoms with E-state index in [0.717, 1.165) is 39.6 Å². The predicted molar refractivity (Wildman–Crippen MR) is 131 cm³/mol. The summed E-state index contributed by atoms with van der Waals surface area (Å²) in [5, 5.41) is 15.9. The maximum absolute atomic E-state index is 13.2. The van der Waals surface area contributed by atoms with Gasteiger partial charge in [-0.05, 0) is 61.5 Å². The molecule has 4 aromatic rings. The van der Waals surface area contributed by atoms with Gasteiger partial charge >= 0.3 is 0 Å². The van der Waals surface area contributed by atoms with Crippen molar-refractivity contribution in [1.29, 1.82) is 0 Å². The molecule has 2 aromatic heterocycles. The van der Waals surface area contributed by atoms with E-state index >= 15 is 0 Å². The molecule has 0 fully saturated rings. The SMILES string of the molecule is COc1cccc(Cn2cc(NC(=S)Nc3c(C)nn(Cc4ccc(F)cc4)c3C)cn2)c1. The van der Waals surface area contributed by atoms with Gasteiger partial charge in [0.15, 0.2) is 5.11 Å². The smallest absolute Gasteiger partial charge is 0.175 e. The summed E-state index contributed by atoms with van der Waals surface area (Å²) in [5.74, 6) is 0.562. The molecule has 0 unspecified atom stereocenters. The van der Waals surface area contributed by atoms with Crippen LogP contribution in [0.1, 0.15) is 22.5 Å². The molecule has 0 spiro atoms. The van der Waals surface area contributed by atoms with Crippen LogP contribution in [-0.4, -0.2) is 31.8 Å². The predicted octanol–water partition coefficient (Wildman–Crippen LogP) is 4.75. The highest BCUT2D eigenvalue weighted by Crippen LogP contribution is 2.21. The van der Waals surface area contributed by atoms with E-state index in [9.17, 15) is 4.39 Å². The largest absolute Gasteiger partial charge is 0.497 e. The Hall–Kier alpha value is -3.72. The Bertz CT molecular complexity index is 1260. The third-order valence-corrected chi connectivity index (χ3v) is 5.44. The molecule has 0 aliphatic rings. The second-order valence-corrected chi connectivity index (χ2v) is 8.10. The standard InChI is InChI=1S/C24H25FN6OS/c1-16-23(17(2)31(29-16)14-18-7-9-20(25)10-8-18)28-24(33)27-21-12-26-30(15-21)13-19-5-4-6-22(11-19)32-3/h4-12,15H,13-14H2,1-3H3,(H2,27,28,33). The van der Waals surface area contributed by atoms with Crippen LogP contribution in [0.3, 0.4) is 0 Å². The van der Waals surface area contributed by atoms with Gasteiger partial charge < -0.3 is 15.4 Å². The number of aromatic nitrogens is 4. The molecule has 2 heterocycles. The van der Waals surface area contributed by atoms with Gasteiger partial charge in [-0.3, -0.25) is 9.36 Å². The van der Waals surface area contributed by atoms with Crippen LogP contribution in [0.25, 0.3) is 0 Å². The minimum absolute atomic E-state index is 0.252. The van der Waals surface area contributed by atoms with Crippen LogP contribution in [0.4, 0.5) is 15.8 Å². The number of thiocarbonyl (C=S) groups is 1. The van der Waals surface area contributed by atoms with E-state index < -0.39 is 0 Å². The molecule has 0 saturated carbocycles. The van der Waals surface area contributed by atoms with Crippen LogP contribution in [0.15, 0.2) is 60.9 Å². The van der Waals surface area contributed by atoms with Gasteiger partial charge in [0.1, 0.15) is 11.6 Å². The summed E-state index contributed by atoms with van der Waals surface area (Å²) in [7, 11) is 1.65. The lowest BCUT2D eigenvalue weighted by Crippen LogP contribution is -2.19. The summed E-state index contributed by atoms with van der Waals surface area (Å²) in [6.07, 6.45) is 3.62. The van der Waals surface area contributed by atoms with E-state index in [0.29, 0.717) is 18.2 Å². The number of methoxy groups -OCH3 is 1. The van der Waals surface area contributed by atoms with Crippen molar-refractivity contribution in [2.45, 2.75) is 26.9 Å². The Labute approximate surface area is 197 Å². The van der Waals surface area contributed by atoms with Crippen molar-refractivity contribution >= 4 is 28.7 Å². The molecule has 0 radical (unpaired) electrons. The first-order chi connectivity index (χ1) is 15.9. The Morgan fingerprint density at radius 1 is 1.06 bits per heavy atom. The van der Waals surface area contributed by atoms with Crippen LogP contribution >= 0.6 is 12.2 Å². The highest BCUT2D eigenvalue weighted by atomic mass is 32.1. The summed E-state index contributed by atoms with van der Waals surface area (Å²) >= 11 is 5.51. The molecular formula is C24H25FN6OS. The molecule has 0 saturated heterocycles. The number of ether oxygens (including phenoxy) is 1. The van der Waals surface area contributed by atoms with E-state index in [1.807, 2.05) is 53.7 Å². The van der Waals surface area contributed by atoms with Crippen molar-refractivity contribution in [3.05, 3.63) is 89.3 Å². The first-order valence-electron chi connectivity index (χ1n) is 10.4. The minimum atomic E-state index is -0.252. The summed E-state index contributed by atoms with van der Waals surface area (Å²) in [6, 6.07) is 14.3. The van der Waals surface area contributed by atoms with Gasteiger partial charge in [0, 0.05) is 6.20 Å². The van der Waals surface area contributed by atoms with E-state index in [1.165, 1.54) is 12.1 Å². The minimum Gasteiger partial charge on any atom is -0.497 e. The van der Waals surface area contributed by atoms with Gasteiger partial charge in [-0.15, -0.1) is 0 Å². The van der Waals surface area contributed by atoms with E-state index in [1.54, 1.807) is 25.4 Å². The number of nitrogens with zero attached hydrogens (tertiary/aromatic N) is 4. The monoisotopic (exact) mass is 464 g/mol. The fraction of sp³-hybridized carbons (Fsp3) is 0.208. The molecule has 170 valence electrons. The van der Waals surface area contributed by atoms with Crippen LogP contribution < -0.4 is 15.4 Å². The van der Waals surface area contributed by atoms with Crippen molar-refractivity contribution in [3.63, 3.8) is 0 Å². The molecule has 2 aromatic carbocycles. The van der Waals surface area contributed by atoms with Crippen LogP contribution in [0.2, 0.25) is 0 Å². The average molecular weight is 465 g/mol. The lowest BCUT2D eigenvalue weighted by Gasteiger charge is -2.10. The quantitative estimate of drug-likeness (QED) is 0.385. The number of aryl methyl sites for hydroxylation is 1. The fourth-order valence-electron chi connectivity index (χ4n) is 3.54. The molecule has 0 aliphatic carbocycles. The van der Waals surface area contributed by atoms with Gasteiger partial charge in [-0.25, -0.2) is 4.39 Å². The first kappa shape index (κ1) is 22.5. The van der Waals surface area contributed by atoms with Crippen LogP contribution in [-0.2, 0) is 13.1 Å². The second-order valence-electron chi connectivity index (χ2n) is 7.69. The Morgan fingerprint density at radius 2 is 1.85 bits per heavy atom. The van der Waals surface area contributed by atoms with Gasteiger partial charge in [0.2, 0.25) is 0 Å². The molecule has 4 rings (SSSR count). The third-order valence-electron chi connectivity index (χ3n) is 5.24. The van der Waals surface area contributed by atoms with E-state index in [4.69, 9.17) is 17.0 Å². The highest BCUT2D eigenvalue weighted by Gasteiger charge is 2.14. The second kappa shape index (κ2) is 9.83. The van der Waals surface area contributed by atoms with Crippen molar-refractivity contribution in [3.8, 4) is 5.75 Å². The molecule has 33 heavy (non-hydrogen) atoms. The molecule has 9 heteroatoms. The Morgan fingerprint density at radius 3 is 2.61 bits per heavy atom. The van der Waals surface area contributed by atoms with Gasteiger partial charge in [0.05, 0.1) is 49.2 Å². The maximum Gasteiger partial charge on any atom is 0.175 e. The summed E-state index contributed by atoms with van der Waals surface area (Å²) in [6.45, 7) is 5.06. The lowest BCUT2D eigenvalue weighted by atomic mass is 10.2. The fourth-order valence-corrected chi connectivity index (χ4v) is 3.76. The third kappa shape index (κ3) is 5.56. The number of anilines is 2. The number of hydrogen-bond acceptors (Lipinski definition) is 4. The van der Waals surface area contributed by atoms with E-state index in [2.05, 4.69) is 20.8 Å². The zero-order valence-electron chi connectivity index (χ0n) is 18.7. The molecule has 0 bridgehead atoms. The first-order valence-corrected chi connectivity index (χ1v) is 10.8. The van der Waals surface area contributed by atoms with Crippen LogP contribution in [0.5, 0.6) is 5.75 Å². The Kier molecular flexibility index (Phi) is 6.69. The van der Waals surface area contributed by atoms with Gasteiger partial charge in [-0.2, -0.15) is 10.2 Å². The lowest BCUT2D eigenvalue weighted by molar-refractivity contribution is 0.414. The number of benzene rings is 2. The number of hydrogen-bond donors (Lipinski definition) is 2. The molecule has 2 N–H and O–H groups in total. The Balaban J connectivity index is 1.39. The van der Waals surface area contributed by atoms with E-state index in [-0.39, 0.29) is 5.82 Å².